The van der Waals surface area contributed by atoms with Gasteiger partial charge >= 0.3 is 5.97 Å². The second-order valence-electron chi connectivity index (χ2n) is 3.87. The Morgan fingerprint density at radius 2 is 2.16 bits per heavy atom. The lowest BCUT2D eigenvalue weighted by Gasteiger charge is -1.91. The van der Waals surface area contributed by atoms with Crippen LogP contribution in [0.25, 0.3) is 10.9 Å². The third kappa shape index (κ3) is 3.39. The number of fused-ring (bicyclic) bond motifs is 1. The van der Waals surface area contributed by atoms with Crippen molar-refractivity contribution in [1.82, 2.24) is 4.98 Å². The molecule has 0 saturated carbocycles. The van der Waals surface area contributed by atoms with E-state index in [2.05, 4.69) is 16.8 Å². The first kappa shape index (κ1) is 13.2. The van der Waals surface area contributed by atoms with Crippen LogP contribution in [0.5, 0.6) is 0 Å². The topological polar surface area (TPSA) is 70.2 Å². The molecule has 4 nitrogen and oxygen atoms in total. The minimum Gasteiger partial charge on any atom is -0.477 e. The summed E-state index contributed by atoms with van der Waals surface area (Å²) >= 11 is 1.16. The number of carbonyl (C=O) groups is 2. The summed E-state index contributed by atoms with van der Waals surface area (Å²) < 4.78 is 0. The van der Waals surface area contributed by atoms with Crippen LogP contribution < -0.4 is 0 Å². The van der Waals surface area contributed by atoms with Gasteiger partial charge in [0.1, 0.15) is 5.69 Å². The highest BCUT2D eigenvalue weighted by atomic mass is 32.2. The van der Waals surface area contributed by atoms with E-state index in [0.29, 0.717) is 5.75 Å². The maximum absolute atomic E-state index is 10.8. The van der Waals surface area contributed by atoms with Crippen molar-refractivity contribution in [3.63, 3.8) is 0 Å². The number of H-pyrrole nitrogens is 1. The molecular formula is C14H11NO3S. The summed E-state index contributed by atoms with van der Waals surface area (Å²) in [4.78, 5) is 24.4. The van der Waals surface area contributed by atoms with Crippen LogP contribution in [0, 0.1) is 11.8 Å². The molecule has 2 rings (SSSR count). The van der Waals surface area contributed by atoms with Crippen molar-refractivity contribution in [3.05, 3.63) is 35.5 Å². The number of rotatable bonds is 2. The summed E-state index contributed by atoms with van der Waals surface area (Å²) in [6, 6.07) is 7.03. The van der Waals surface area contributed by atoms with Gasteiger partial charge < -0.3 is 10.1 Å². The number of benzene rings is 1. The quantitative estimate of drug-likeness (QED) is 0.825. The van der Waals surface area contributed by atoms with E-state index in [1.54, 1.807) is 12.1 Å². The zero-order valence-electron chi connectivity index (χ0n) is 10.2. The molecule has 0 unspecified atom stereocenters. The Bertz CT molecular complexity index is 706. The number of thioether (sulfide) groups is 1. The molecule has 1 heterocycles. The average molecular weight is 273 g/mol. The average Bonchev–Trinajstić information content (AvgIpc) is 2.77. The SMILES string of the molecule is CC(=O)SCC#Cc1ccc2cc(C(=O)O)[nH]c2c1. The van der Waals surface area contributed by atoms with Crippen LogP contribution in [-0.4, -0.2) is 26.9 Å². The summed E-state index contributed by atoms with van der Waals surface area (Å²) in [5, 5.41) is 9.76. The number of hydrogen-bond donors (Lipinski definition) is 2. The van der Waals surface area contributed by atoms with E-state index in [4.69, 9.17) is 5.11 Å². The maximum Gasteiger partial charge on any atom is 0.352 e. The Kier molecular flexibility index (Phi) is 3.93. The van der Waals surface area contributed by atoms with Crippen LogP contribution in [0.15, 0.2) is 24.3 Å². The predicted octanol–water partition coefficient (Wildman–Crippen LogP) is 2.50. The third-order valence-corrected chi connectivity index (χ3v) is 3.13. The Morgan fingerprint density at radius 3 is 2.84 bits per heavy atom. The summed E-state index contributed by atoms with van der Waals surface area (Å²) in [6.45, 7) is 1.50. The Labute approximate surface area is 114 Å². The third-order valence-electron chi connectivity index (χ3n) is 2.43. The molecule has 0 atom stereocenters. The van der Waals surface area contributed by atoms with Gasteiger partial charge in [-0.3, -0.25) is 4.79 Å². The predicted molar refractivity (Wildman–Crippen MR) is 75.3 cm³/mol. The van der Waals surface area contributed by atoms with Crippen molar-refractivity contribution in [3.8, 4) is 11.8 Å². The van der Waals surface area contributed by atoms with E-state index in [0.717, 1.165) is 28.2 Å². The standard InChI is InChI=1S/C14H11NO3S/c1-9(16)19-6-2-3-10-4-5-11-8-13(14(17)18)15-12(11)7-10/h4-5,7-8,15H,6H2,1H3,(H,17,18). The highest BCUT2D eigenvalue weighted by Crippen LogP contribution is 2.16. The number of aromatic amines is 1. The van der Waals surface area contributed by atoms with Gasteiger partial charge in [0.15, 0.2) is 5.12 Å². The lowest BCUT2D eigenvalue weighted by molar-refractivity contribution is -0.109. The highest BCUT2D eigenvalue weighted by Gasteiger charge is 2.06. The molecular weight excluding hydrogens is 262 g/mol. The van der Waals surface area contributed by atoms with Crippen molar-refractivity contribution in [2.45, 2.75) is 6.92 Å². The molecule has 2 N–H and O–H groups in total. The summed E-state index contributed by atoms with van der Waals surface area (Å²) in [5.41, 5.74) is 1.69. The fourth-order valence-corrected chi connectivity index (χ4v) is 1.94. The number of carboxylic acid groups (broad SMARTS) is 1. The van der Waals surface area contributed by atoms with Gasteiger partial charge in [-0.1, -0.05) is 29.7 Å². The van der Waals surface area contributed by atoms with Gasteiger partial charge in [0.2, 0.25) is 0 Å². The van der Waals surface area contributed by atoms with Crippen LogP contribution in [-0.2, 0) is 4.79 Å². The van der Waals surface area contributed by atoms with Crippen molar-refractivity contribution >= 4 is 33.7 Å². The molecule has 0 aliphatic carbocycles. The molecule has 0 spiro atoms. The Hall–Kier alpha value is -2.19. The minimum atomic E-state index is -0.985. The first-order valence-electron chi connectivity index (χ1n) is 5.54. The molecule has 1 aromatic carbocycles. The highest BCUT2D eigenvalue weighted by molar-refractivity contribution is 8.13. The van der Waals surface area contributed by atoms with Gasteiger partial charge in [0, 0.05) is 23.4 Å². The van der Waals surface area contributed by atoms with Crippen molar-refractivity contribution in [1.29, 1.82) is 0 Å². The summed E-state index contributed by atoms with van der Waals surface area (Å²) in [6.07, 6.45) is 0. The van der Waals surface area contributed by atoms with Crippen molar-refractivity contribution < 1.29 is 14.7 Å². The number of nitrogens with one attached hydrogen (secondary N) is 1. The fourth-order valence-electron chi connectivity index (χ4n) is 1.60. The van der Waals surface area contributed by atoms with E-state index in [1.165, 1.54) is 6.92 Å². The number of aromatic nitrogens is 1. The smallest absolute Gasteiger partial charge is 0.352 e. The summed E-state index contributed by atoms with van der Waals surface area (Å²) in [5.74, 6) is 5.30. The zero-order chi connectivity index (χ0) is 13.8. The second kappa shape index (κ2) is 5.63. The van der Waals surface area contributed by atoms with Gasteiger partial charge in [-0.25, -0.2) is 4.79 Å². The Morgan fingerprint density at radius 1 is 1.37 bits per heavy atom. The molecule has 2 aromatic rings. The number of carbonyl (C=O) groups excluding carboxylic acids is 1. The molecule has 0 bridgehead atoms. The molecule has 96 valence electrons. The summed E-state index contributed by atoms with van der Waals surface area (Å²) in [7, 11) is 0. The number of hydrogen-bond acceptors (Lipinski definition) is 3. The molecule has 0 amide bonds. The molecule has 19 heavy (non-hydrogen) atoms. The van der Waals surface area contributed by atoms with Gasteiger partial charge in [-0.05, 0) is 18.2 Å². The van der Waals surface area contributed by atoms with Crippen LogP contribution in [0.3, 0.4) is 0 Å². The minimum absolute atomic E-state index is 0.0419. The van der Waals surface area contributed by atoms with Crippen LogP contribution in [0.1, 0.15) is 23.0 Å². The first-order chi connectivity index (χ1) is 9.06. The molecule has 0 radical (unpaired) electrons. The van der Waals surface area contributed by atoms with E-state index in [9.17, 15) is 9.59 Å². The van der Waals surface area contributed by atoms with Crippen LogP contribution in [0.4, 0.5) is 0 Å². The Balaban J connectivity index is 2.21. The van der Waals surface area contributed by atoms with E-state index in [1.807, 2.05) is 12.1 Å². The molecule has 0 fully saturated rings. The van der Waals surface area contributed by atoms with Crippen molar-refractivity contribution in [2.24, 2.45) is 0 Å². The van der Waals surface area contributed by atoms with Crippen LogP contribution >= 0.6 is 11.8 Å². The zero-order valence-corrected chi connectivity index (χ0v) is 11.0. The van der Waals surface area contributed by atoms with E-state index >= 15 is 0 Å². The first-order valence-corrected chi connectivity index (χ1v) is 6.53. The van der Waals surface area contributed by atoms with Gasteiger partial charge in [0.25, 0.3) is 0 Å². The van der Waals surface area contributed by atoms with Gasteiger partial charge in [-0.15, -0.1) is 0 Å². The lowest BCUT2D eigenvalue weighted by atomic mass is 10.2. The number of aromatic carboxylic acids is 1. The fraction of sp³-hybridized carbons (Fsp3) is 0.143. The molecule has 0 aliphatic heterocycles. The number of carboxylic acids is 1. The second-order valence-corrected chi connectivity index (χ2v) is 5.02. The normalized spacial score (nSPS) is 9.95. The molecule has 0 aliphatic rings. The molecule has 1 aromatic heterocycles. The molecule has 5 heteroatoms. The molecule has 0 saturated heterocycles. The van der Waals surface area contributed by atoms with Crippen LogP contribution in [0.2, 0.25) is 0 Å². The van der Waals surface area contributed by atoms with Gasteiger partial charge in [0.05, 0.1) is 5.75 Å². The monoisotopic (exact) mass is 273 g/mol. The lowest BCUT2D eigenvalue weighted by Crippen LogP contribution is -1.94. The van der Waals surface area contributed by atoms with Gasteiger partial charge in [-0.2, -0.15) is 0 Å². The largest absolute Gasteiger partial charge is 0.477 e. The van der Waals surface area contributed by atoms with E-state index in [-0.39, 0.29) is 10.8 Å². The van der Waals surface area contributed by atoms with Crippen molar-refractivity contribution in [2.75, 3.05) is 5.75 Å². The maximum atomic E-state index is 10.8. The van der Waals surface area contributed by atoms with E-state index < -0.39 is 5.97 Å².